The molecular formula is C26H32N4O5. The van der Waals surface area contributed by atoms with E-state index >= 15 is 0 Å². The molecule has 2 aromatic rings. The van der Waals surface area contributed by atoms with Crippen molar-refractivity contribution in [2.75, 3.05) is 39.3 Å². The molecule has 186 valence electrons. The number of hydrogen-bond donors (Lipinski definition) is 1. The fourth-order valence-corrected chi connectivity index (χ4v) is 4.79. The van der Waals surface area contributed by atoms with Crippen molar-refractivity contribution in [1.82, 2.24) is 20.0 Å². The number of carbonyl (C=O) groups excluding carboxylic acids is 3. The third-order valence-corrected chi connectivity index (χ3v) is 6.46. The Kier molecular flexibility index (Phi) is 7.55. The molecule has 0 unspecified atom stereocenters. The normalized spacial score (nSPS) is 21.2. The first-order chi connectivity index (χ1) is 16.9. The van der Waals surface area contributed by atoms with Crippen LogP contribution in [0.2, 0.25) is 0 Å². The third-order valence-electron chi connectivity index (χ3n) is 6.46. The highest BCUT2D eigenvalue weighted by molar-refractivity contribution is 5.95. The SMILES string of the molecule is CCOC(=O)C1=C(CN2CCN(C(=O)c3ccco3)[C@@H](C)C2)N(CC)C(=O)N[C@@H]1c1ccccc1. The summed E-state index contributed by atoms with van der Waals surface area (Å²) in [5, 5.41) is 2.98. The Morgan fingerprint density at radius 2 is 1.89 bits per heavy atom. The third kappa shape index (κ3) is 5.09. The highest BCUT2D eigenvalue weighted by atomic mass is 16.5. The number of benzene rings is 1. The van der Waals surface area contributed by atoms with Gasteiger partial charge in [0.05, 0.1) is 24.5 Å². The van der Waals surface area contributed by atoms with Crippen LogP contribution in [0.3, 0.4) is 0 Å². The van der Waals surface area contributed by atoms with Crippen molar-refractivity contribution in [2.45, 2.75) is 32.9 Å². The van der Waals surface area contributed by atoms with Crippen LogP contribution < -0.4 is 5.32 Å². The van der Waals surface area contributed by atoms with Crippen molar-refractivity contribution in [3.05, 3.63) is 71.3 Å². The van der Waals surface area contributed by atoms with Gasteiger partial charge in [-0.15, -0.1) is 0 Å². The van der Waals surface area contributed by atoms with Gasteiger partial charge in [-0.1, -0.05) is 30.3 Å². The van der Waals surface area contributed by atoms with Crippen LogP contribution in [0, 0.1) is 0 Å². The van der Waals surface area contributed by atoms with Gasteiger partial charge in [-0.25, -0.2) is 9.59 Å². The maximum atomic E-state index is 13.2. The van der Waals surface area contributed by atoms with Crippen LogP contribution in [0.15, 0.2) is 64.4 Å². The number of furan rings is 1. The Bertz CT molecular complexity index is 1080. The number of rotatable bonds is 7. The molecule has 1 N–H and O–H groups in total. The fourth-order valence-electron chi connectivity index (χ4n) is 4.79. The summed E-state index contributed by atoms with van der Waals surface area (Å²) in [5.41, 5.74) is 1.90. The summed E-state index contributed by atoms with van der Waals surface area (Å²) >= 11 is 0. The second-order valence-corrected chi connectivity index (χ2v) is 8.68. The zero-order valence-corrected chi connectivity index (χ0v) is 20.4. The molecule has 1 saturated heterocycles. The lowest BCUT2D eigenvalue weighted by molar-refractivity contribution is -0.139. The number of nitrogens with one attached hydrogen (secondary N) is 1. The minimum Gasteiger partial charge on any atom is -0.463 e. The molecule has 2 aliphatic heterocycles. The summed E-state index contributed by atoms with van der Waals surface area (Å²) in [6.07, 6.45) is 1.49. The standard InChI is InChI=1S/C26H32N4O5/c1-4-29-20(17-28-13-14-30(18(3)16-28)24(31)21-12-9-15-35-21)22(25(32)34-5-2)23(27-26(29)33)19-10-7-6-8-11-19/h6-12,15,18,23H,4-5,13-14,16-17H2,1-3H3,(H,27,33)/t18-,23+/m0/s1. The molecule has 1 aromatic heterocycles. The number of piperazine rings is 1. The Labute approximate surface area is 205 Å². The Morgan fingerprint density at radius 1 is 1.11 bits per heavy atom. The average molecular weight is 481 g/mol. The minimum atomic E-state index is -0.597. The van der Waals surface area contributed by atoms with Gasteiger partial charge in [-0.2, -0.15) is 0 Å². The maximum Gasteiger partial charge on any atom is 0.338 e. The van der Waals surface area contributed by atoms with E-state index in [1.165, 1.54) is 6.26 Å². The predicted molar refractivity (Wildman–Crippen MR) is 129 cm³/mol. The molecule has 0 bridgehead atoms. The number of carbonyl (C=O) groups is 3. The zero-order chi connectivity index (χ0) is 24.9. The van der Waals surface area contributed by atoms with E-state index in [-0.39, 0.29) is 24.6 Å². The van der Waals surface area contributed by atoms with Crippen LogP contribution in [0.1, 0.15) is 42.9 Å². The van der Waals surface area contributed by atoms with Crippen molar-refractivity contribution in [2.24, 2.45) is 0 Å². The van der Waals surface area contributed by atoms with E-state index in [9.17, 15) is 14.4 Å². The highest BCUT2D eigenvalue weighted by Crippen LogP contribution is 2.32. The predicted octanol–water partition coefficient (Wildman–Crippen LogP) is 3.03. The summed E-state index contributed by atoms with van der Waals surface area (Å²) in [5.74, 6) is -0.246. The molecule has 0 saturated carbocycles. The average Bonchev–Trinajstić information content (AvgIpc) is 3.39. The van der Waals surface area contributed by atoms with Gasteiger partial charge < -0.3 is 19.4 Å². The van der Waals surface area contributed by atoms with Gasteiger partial charge in [-0.05, 0) is 38.5 Å². The van der Waals surface area contributed by atoms with E-state index in [0.29, 0.717) is 49.8 Å². The van der Waals surface area contributed by atoms with Crippen molar-refractivity contribution in [3.63, 3.8) is 0 Å². The van der Waals surface area contributed by atoms with Crippen molar-refractivity contribution >= 4 is 17.9 Å². The quantitative estimate of drug-likeness (QED) is 0.612. The first kappa shape index (κ1) is 24.5. The van der Waals surface area contributed by atoms with E-state index < -0.39 is 12.0 Å². The molecule has 9 heteroatoms. The van der Waals surface area contributed by atoms with E-state index in [2.05, 4.69) is 10.2 Å². The lowest BCUT2D eigenvalue weighted by Gasteiger charge is -2.42. The molecule has 1 aromatic carbocycles. The largest absolute Gasteiger partial charge is 0.463 e. The number of esters is 1. The molecule has 2 aliphatic rings. The Hall–Kier alpha value is -3.59. The molecule has 0 aliphatic carbocycles. The van der Waals surface area contributed by atoms with Crippen molar-refractivity contribution < 1.29 is 23.5 Å². The lowest BCUT2D eigenvalue weighted by Crippen LogP contribution is -2.56. The summed E-state index contributed by atoms with van der Waals surface area (Å²) in [6.45, 7) is 8.41. The smallest absolute Gasteiger partial charge is 0.338 e. The highest BCUT2D eigenvalue weighted by Gasteiger charge is 2.39. The minimum absolute atomic E-state index is 0.0644. The molecule has 0 radical (unpaired) electrons. The topological polar surface area (TPSA) is 95.3 Å². The van der Waals surface area contributed by atoms with Gasteiger partial charge in [0, 0.05) is 44.5 Å². The van der Waals surface area contributed by atoms with Crippen LogP contribution >= 0.6 is 0 Å². The lowest BCUT2D eigenvalue weighted by atomic mass is 9.94. The molecule has 3 amide bonds. The van der Waals surface area contributed by atoms with Gasteiger partial charge in [0.1, 0.15) is 0 Å². The van der Waals surface area contributed by atoms with Gasteiger partial charge in [0.25, 0.3) is 5.91 Å². The summed E-state index contributed by atoms with van der Waals surface area (Å²) in [6, 6.07) is 11.9. The summed E-state index contributed by atoms with van der Waals surface area (Å²) < 4.78 is 10.7. The Balaban J connectivity index is 1.63. The number of amides is 3. The number of likely N-dealkylation sites (N-methyl/N-ethyl adjacent to an activating group) is 1. The first-order valence-electron chi connectivity index (χ1n) is 12.0. The number of hydrogen-bond acceptors (Lipinski definition) is 6. The van der Waals surface area contributed by atoms with E-state index in [1.807, 2.05) is 44.2 Å². The number of ether oxygens (including phenoxy) is 1. The van der Waals surface area contributed by atoms with Gasteiger partial charge in [0.15, 0.2) is 5.76 Å². The maximum absolute atomic E-state index is 13.2. The Morgan fingerprint density at radius 3 is 2.51 bits per heavy atom. The van der Waals surface area contributed by atoms with E-state index in [4.69, 9.17) is 9.15 Å². The number of nitrogens with zero attached hydrogens (tertiary/aromatic N) is 3. The molecule has 2 atom stereocenters. The second kappa shape index (κ2) is 10.8. The molecule has 4 rings (SSSR count). The molecule has 1 fully saturated rings. The van der Waals surface area contributed by atoms with E-state index in [1.54, 1.807) is 28.9 Å². The van der Waals surface area contributed by atoms with Gasteiger partial charge in [-0.3, -0.25) is 14.6 Å². The summed E-state index contributed by atoms with van der Waals surface area (Å²) in [4.78, 5) is 44.7. The van der Waals surface area contributed by atoms with Crippen LogP contribution in [-0.4, -0.2) is 78.0 Å². The molecule has 35 heavy (non-hydrogen) atoms. The molecule has 0 spiro atoms. The monoisotopic (exact) mass is 480 g/mol. The molecule has 3 heterocycles. The van der Waals surface area contributed by atoms with Crippen LogP contribution in [0.5, 0.6) is 0 Å². The second-order valence-electron chi connectivity index (χ2n) is 8.68. The first-order valence-corrected chi connectivity index (χ1v) is 12.0. The summed E-state index contributed by atoms with van der Waals surface area (Å²) in [7, 11) is 0. The van der Waals surface area contributed by atoms with Crippen molar-refractivity contribution in [3.8, 4) is 0 Å². The van der Waals surface area contributed by atoms with Crippen LogP contribution in [0.25, 0.3) is 0 Å². The van der Waals surface area contributed by atoms with Crippen molar-refractivity contribution in [1.29, 1.82) is 0 Å². The van der Waals surface area contributed by atoms with Gasteiger partial charge in [0.2, 0.25) is 0 Å². The van der Waals surface area contributed by atoms with Gasteiger partial charge >= 0.3 is 12.0 Å². The number of urea groups is 1. The zero-order valence-electron chi connectivity index (χ0n) is 20.4. The van der Waals surface area contributed by atoms with E-state index in [0.717, 1.165) is 5.56 Å². The van der Waals surface area contributed by atoms with Crippen LogP contribution in [-0.2, 0) is 9.53 Å². The fraction of sp³-hybridized carbons (Fsp3) is 0.423. The van der Waals surface area contributed by atoms with Crippen LogP contribution in [0.4, 0.5) is 4.79 Å². The molecular weight excluding hydrogens is 448 g/mol. The molecule has 9 nitrogen and oxygen atoms in total.